The van der Waals surface area contributed by atoms with Gasteiger partial charge in [-0.05, 0) is 48.5 Å². The zero-order valence-corrected chi connectivity index (χ0v) is 16.7. The van der Waals surface area contributed by atoms with Crippen molar-refractivity contribution >= 4 is 27.1 Å². The Morgan fingerprint density at radius 2 is 1.66 bits per heavy atom. The van der Waals surface area contributed by atoms with Gasteiger partial charge in [0.15, 0.2) is 17.0 Å². The summed E-state index contributed by atoms with van der Waals surface area (Å²) < 4.78 is 4.33. The van der Waals surface area contributed by atoms with Crippen LogP contribution in [-0.4, -0.2) is 24.1 Å². The molecule has 5 aromatic rings. The fourth-order valence-electron chi connectivity index (χ4n) is 3.25. The SMILES string of the molecule is O=c1c2ncn(-c3ccccc3)c2nc(-c2cccnc2)n1-c1ccc(Br)cc1. The van der Waals surface area contributed by atoms with Gasteiger partial charge in [-0.1, -0.05) is 34.1 Å². The van der Waals surface area contributed by atoms with E-state index in [2.05, 4.69) is 25.9 Å². The maximum absolute atomic E-state index is 13.5. The summed E-state index contributed by atoms with van der Waals surface area (Å²) in [5.41, 5.74) is 2.93. The van der Waals surface area contributed by atoms with Crippen LogP contribution in [-0.2, 0) is 0 Å². The van der Waals surface area contributed by atoms with Crippen LogP contribution >= 0.6 is 15.9 Å². The molecule has 6 nitrogen and oxygen atoms in total. The van der Waals surface area contributed by atoms with Crippen LogP contribution in [0, 0.1) is 0 Å². The molecule has 0 unspecified atom stereocenters. The minimum Gasteiger partial charge on any atom is -0.283 e. The van der Waals surface area contributed by atoms with E-state index in [1.807, 2.05) is 71.3 Å². The standard InChI is InChI=1S/C22H14BrN5O/c23-16-8-10-18(11-9-16)28-20(15-5-4-12-24-13-15)26-21-19(22(28)29)25-14-27(21)17-6-2-1-3-7-17/h1-14H. The van der Waals surface area contributed by atoms with Crippen molar-refractivity contribution in [3.63, 3.8) is 0 Å². The van der Waals surface area contributed by atoms with Crippen LogP contribution < -0.4 is 5.56 Å². The molecular formula is C22H14BrN5O. The predicted molar refractivity (Wildman–Crippen MR) is 115 cm³/mol. The summed E-state index contributed by atoms with van der Waals surface area (Å²) in [6.45, 7) is 0. The third kappa shape index (κ3) is 3.05. The fourth-order valence-corrected chi connectivity index (χ4v) is 3.51. The van der Waals surface area contributed by atoms with Gasteiger partial charge in [0.05, 0.1) is 5.69 Å². The molecule has 0 saturated heterocycles. The summed E-state index contributed by atoms with van der Waals surface area (Å²) >= 11 is 3.44. The Morgan fingerprint density at radius 3 is 2.38 bits per heavy atom. The number of aromatic nitrogens is 5. The van der Waals surface area contributed by atoms with Crippen molar-refractivity contribution in [2.75, 3.05) is 0 Å². The van der Waals surface area contributed by atoms with Crippen molar-refractivity contribution in [3.8, 4) is 22.8 Å². The minimum atomic E-state index is -0.231. The number of benzene rings is 2. The van der Waals surface area contributed by atoms with Gasteiger partial charge in [0.1, 0.15) is 6.33 Å². The number of pyridine rings is 1. The van der Waals surface area contributed by atoms with Gasteiger partial charge >= 0.3 is 0 Å². The Bertz CT molecular complexity index is 1360. The molecule has 0 spiro atoms. The molecule has 0 fully saturated rings. The highest BCUT2D eigenvalue weighted by Crippen LogP contribution is 2.23. The van der Waals surface area contributed by atoms with Crippen molar-refractivity contribution in [1.82, 2.24) is 24.1 Å². The molecule has 0 aliphatic heterocycles. The van der Waals surface area contributed by atoms with E-state index < -0.39 is 0 Å². The van der Waals surface area contributed by atoms with E-state index in [0.29, 0.717) is 22.7 Å². The van der Waals surface area contributed by atoms with Crippen molar-refractivity contribution in [1.29, 1.82) is 0 Å². The number of halogens is 1. The molecule has 0 aliphatic rings. The quantitative estimate of drug-likeness (QED) is 0.414. The van der Waals surface area contributed by atoms with Gasteiger partial charge in [0.25, 0.3) is 5.56 Å². The van der Waals surface area contributed by atoms with Crippen LogP contribution in [0.1, 0.15) is 0 Å². The molecule has 29 heavy (non-hydrogen) atoms. The number of hydrogen-bond donors (Lipinski definition) is 0. The highest BCUT2D eigenvalue weighted by atomic mass is 79.9. The molecule has 0 N–H and O–H groups in total. The molecule has 0 radical (unpaired) electrons. The van der Waals surface area contributed by atoms with Crippen LogP contribution in [0.25, 0.3) is 33.9 Å². The smallest absolute Gasteiger partial charge is 0.283 e. The number of nitrogens with zero attached hydrogens (tertiary/aromatic N) is 5. The van der Waals surface area contributed by atoms with Gasteiger partial charge < -0.3 is 0 Å². The number of rotatable bonds is 3. The van der Waals surface area contributed by atoms with Gasteiger partial charge in [-0.2, -0.15) is 0 Å². The molecule has 0 atom stereocenters. The van der Waals surface area contributed by atoms with Crippen LogP contribution in [0.3, 0.4) is 0 Å². The average molecular weight is 444 g/mol. The summed E-state index contributed by atoms with van der Waals surface area (Å²) in [5, 5.41) is 0. The van der Waals surface area contributed by atoms with E-state index in [9.17, 15) is 4.79 Å². The van der Waals surface area contributed by atoms with Gasteiger partial charge in [-0.25, -0.2) is 9.97 Å². The average Bonchev–Trinajstić information content (AvgIpc) is 3.20. The molecule has 0 saturated carbocycles. The largest absolute Gasteiger partial charge is 0.286 e. The van der Waals surface area contributed by atoms with E-state index in [4.69, 9.17) is 4.98 Å². The van der Waals surface area contributed by atoms with E-state index >= 15 is 0 Å². The normalized spacial score (nSPS) is 11.1. The van der Waals surface area contributed by atoms with Gasteiger partial charge in [-0.3, -0.25) is 18.9 Å². The molecule has 2 aromatic carbocycles. The van der Waals surface area contributed by atoms with Crippen LogP contribution in [0.4, 0.5) is 0 Å². The summed E-state index contributed by atoms with van der Waals surface area (Å²) in [4.78, 5) is 26.9. The lowest BCUT2D eigenvalue weighted by molar-refractivity contribution is 0.959. The Hall–Kier alpha value is -3.58. The van der Waals surface area contributed by atoms with E-state index in [0.717, 1.165) is 15.7 Å². The second-order valence-electron chi connectivity index (χ2n) is 6.42. The Labute approximate surface area is 174 Å². The zero-order chi connectivity index (χ0) is 19.8. The molecule has 3 heterocycles. The highest BCUT2D eigenvalue weighted by Gasteiger charge is 2.18. The maximum Gasteiger partial charge on any atom is 0.286 e. The number of fused-ring (bicyclic) bond motifs is 1. The Kier molecular flexibility index (Phi) is 4.29. The first kappa shape index (κ1) is 17.5. The lowest BCUT2D eigenvalue weighted by atomic mass is 10.2. The van der Waals surface area contributed by atoms with Crippen molar-refractivity contribution < 1.29 is 0 Å². The molecule has 0 amide bonds. The third-order valence-corrected chi connectivity index (χ3v) is 5.14. The second-order valence-corrected chi connectivity index (χ2v) is 7.33. The minimum absolute atomic E-state index is 0.231. The molecule has 7 heteroatoms. The summed E-state index contributed by atoms with van der Waals surface area (Å²) in [6.07, 6.45) is 5.03. The van der Waals surface area contributed by atoms with Crippen molar-refractivity contribution in [3.05, 3.63) is 100 Å². The molecule has 140 valence electrons. The lowest BCUT2D eigenvalue weighted by Crippen LogP contribution is -2.22. The summed E-state index contributed by atoms with van der Waals surface area (Å²) in [7, 11) is 0. The fraction of sp³-hybridized carbons (Fsp3) is 0. The summed E-state index contributed by atoms with van der Waals surface area (Å²) in [5.74, 6) is 0.510. The molecule has 0 bridgehead atoms. The van der Waals surface area contributed by atoms with E-state index in [1.165, 1.54) is 0 Å². The monoisotopic (exact) mass is 443 g/mol. The number of hydrogen-bond acceptors (Lipinski definition) is 4. The number of imidazole rings is 1. The predicted octanol–water partition coefficient (Wildman–Crippen LogP) is 4.40. The van der Waals surface area contributed by atoms with Crippen molar-refractivity contribution in [2.45, 2.75) is 0 Å². The molecule has 0 aliphatic carbocycles. The van der Waals surface area contributed by atoms with Crippen LogP contribution in [0.2, 0.25) is 0 Å². The number of para-hydroxylation sites is 1. The second kappa shape index (κ2) is 7.10. The Morgan fingerprint density at radius 1 is 0.862 bits per heavy atom. The highest BCUT2D eigenvalue weighted by molar-refractivity contribution is 9.10. The topological polar surface area (TPSA) is 65.6 Å². The molecule has 5 rings (SSSR count). The van der Waals surface area contributed by atoms with E-state index in [-0.39, 0.29) is 5.56 Å². The van der Waals surface area contributed by atoms with Gasteiger partial charge in [-0.15, -0.1) is 0 Å². The van der Waals surface area contributed by atoms with E-state index in [1.54, 1.807) is 23.3 Å². The Balaban J connectivity index is 1.86. The first-order chi connectivity index (χ1) is 14.2. The zero-order valence-electron chi connectivity index (χ0n) is 15.1. The first-order valence-corrected chi connectivity index (χ1v) is 9.73. The first-order valence-electron chi connectivity index (χ1n) is 8.94. The van der Waals surface area contributed by atoms with Crippen LogP contribution in [0.15, 0.2) is 94.7 Å². The van der Waals surface area contributed by atoms with Gasteiger partial charge in [0, 0.05) is 28.1 Å². The lowest BCUT2D eigenvalue weighted by Gasteiger charge is -2.13. The van der Waals surface area contributed by atoms with Crippen molar-refractivity contribution in [2.24, 2.45) is 0 Å². The van der Waals surface area contributed by atoms with Gasteiger partial charge in [0.2, 0.25) is 0 Å². The van der Waals surface area contributed by atoms with Crippen LogP contribution in [0.5, 0.6) is 0 Å². The maximum atomic E-state index is 13.5. The third-order valence-electron chi connectivity index (χ3n) is 4.61. The molecule has 3 aromatic heterocycles. The summed E-state index contributed by atoms with van der Waals surface area (Å²) in [6, 6.07) is 20.9. The molecular weight excluding hydrogens is 430 g/mol.